The number of rotatable bonds is 2. The van der Waals surface area contributed by atoms with Crippen molar-refractivity contribution in [1.29, 1.82) is 0 Å². The van der Waals surface area contributed by atoms with Crippen LogP contribution in [0.25, 0.3) is 0 Å². The first kappa shape index (κ1) is 4.48. The third-order valence-corrected chi connectivity index (χ3v) is 2.70. The zero-order chi connectivity index (χ0) is 24.9. The summed E-state index contributed by atoms with van der Waals surface area (Å²) in [6, 6.07) is 1.91. The van der Waals surface area contributed by atoms with Gasteiger partial charge in [0.1, 0.15) is 13.2 Å². The summed E-state index contributed by atoms with van der Waals surface area (Å²) in [5, 5.41) is -0.690. The van der Waals surface area contributed by atoms with E-state index in [-0.39, 0.29) is 10.9 Å². The van der Waals surface area contributed by atoms with Crippen LogP contribution in [-0.4, -0.2) is 18.7 Å². The van der Waals surface area contributed by atoms with E-state index in [1.54, 1.807) is 0 Å². The molecule has 1 amide bonds. The van der Waals surface area contributed by atoms with Crippen molar-refractivity contribution in [1.82, 2.24) is 10.6 Å². The lowest BCUT2D eigenvalue weighted by atomic mass is 9.89. The van der Waals surface area contributed by atoms with Gasteiger partial charge in [-0.2, -0.15) is 0 Å². The topological polar surface area (TPSA) is 50.4 Å². The summed E-state index contributed by atoms with van der Waals surface area (Å²) in [4.78, 5) is 13.1. The number of methoxy groups -OCH3 is 1. The van der Waals surface area contributed by atoms with E-state index in [4.69, 9.17) is 22.6 Å². The van der Waals surface area contributed by atoms with E-state index in [0.717, 1.165) is 12.1 Å². The van der Waals surface area contributed by atoms with Crippen LogP contribution in [0.5, 0.6) is 5.75 Å². The Labute approximate surface area is 131 Å². The van der Waals surface area contributed by atoms with E-state index >= 15 is 0 Å². The maximum Gasteiger partial charge on any atom is 0.243 e. The lowest BCUT2D eigenvalue weighted by Gasteiger charge is -2.33. The van der Waals surface area contributed by atoms with Gasteiger partial charge < -0.3 is 10.0 Å². The molecule has 1 atom stereocenters. The maximum absolute atomic E-state index is 13.1. The molecule has 0 radical (unpaired) electrons. The molecule has 19 heavy (non-hydrogen) atoms. The van der Waals surface area contributed by atoms with Gasteiger partial charge in [-0.05, 0) is 43.2 Å². The molecule has 2 aliphatic rings. The zero-order valence-electron chi connectivity index (χ0n) is 23.0. The number of hydrogen-bond donors (Lipinski definition) is 2. The van der Waals surface area contributed by atoms with Crippen LogP contribution in [0.2, 0.25) is 2.82 Å². The standard InChI is InChI=1S/C15H20N2O2/c1-19-12-7-5-11(6-8-12)13-14(18)17-15(16-13)9-3-2-4-10-15/h5-8,13,16H,2-4,9-10H2,1H3,(H,17,18)/i2D2,3D2,4D2,9D2,10D2,13D/hD2. The second-order valence-electron chi connectivity index (χ2n) is 3.90. The second kappa shape index (κ2) is 4.85. The lowest BCUT2D eigenvalue weighted by molar-refractivity contribution is -0.121. The molecule has 1 spiro atoms. The van der Waals surface area contributed by atoms with Crippen molar-refractivity contribution >= 4 is 5.91 Å². The molecule has 0 aromatic heterocycles. The van der Waals surface area contributed by atoms with E-state index in [9.17, 15) is 4.79 Å². The Hall–Kier alpha value is -1.55. The highest BCUT2D eigenvalue weighted by Gasteiger charge is 2.44. The summed E-state index contributed by atoms with van der Waals surface area (Å²) in [5.41, 5.74) is -3.99. The molecule has 1 saturated heterocycles. The van der Waals surface area contributed by atoms with Crippen molar-refractivity contribution in [3.63, 3.8) is 0 Å². The van der Waals surface area contributed by atoms with E-state index in [2.05, 4.69) is 0 Å². The highest BCUT2D eigenvalue weighted by molar-refractivity contribution is 5.86. The van der Waals surface area contributed by atoms with Gasteiger partial charge in [-0.15, -0.1) is 0 Å². The molecule has 1 saturated carbocycles. The number of amides is 1. The Balaban J connectivity index is 2.39. The van der Waals surface area contributed by atoms with Crippen molar-refractivity contribution in [3.8, 4) is 5.75 Å². The van der Waals surface area contributed by atoms with Crippen LogP contribution in [0.3, 0.4) is 0 Å². The summed E-state index contributed by atoms with van der Waals surface area (Å²) >= 11 is 0. The Morgan fingerprint density at radius 1 is 1.37 bits per heavy atom. The van der Waals surface area contributed by atoms with Crippen LogP contribution in [-0.2, 0) is 4.79 Å². The Kier molecular flexibility index (Phi) is 1.14. The minimum atomic E-state index is -3.87. The van der Waals surface area contributed by atoms with E-state index in [1.165, 1.54) is 19.2 Å². The summed E-state index contributed by atoms with van der Waals surface area (Å²) < 4.78 is 112. The maximum atomic E-state index is 13.1. The van der Waals surface area contributed by atoms with Gasteiger partial charge in [0.2, 0.25) is 5.91 Å². The monoisotopic (exact) mass is 273 g/mol. The number of nitrogens with one attached hydrogen (secondary N) is 2. The fourth-order valence-corrected chi connectivity index (χ4v) is 1.78. The molecule has 0 bridgehead atoms. The number of carbonyl (C=O) groups is 1. The van der Waals surface area contributed by atoms with Gasteiger partial charge in [0.05, 0.1) is 14.1 Å². The molecule has 1 heterocycles. The zero-order valence-corrected chi connectivity index (χ0v) is 10.0. The lowest BCUT2D eigenvalue weighted by Crippen LogP contribution is -2.51. The Bertz CT molecular complexity index is 921. The highest BCUT2D eigenvalue weighted by atomic mass is 16.5. The van der Waals surface area contributed by atoms with Gasteiger partial charge in [0, 0.05) is 13.7 Å². The van der Waals surface area contributed by atoms with Gasteiger partial charge in [0.15, 0.2) is 1.41 Å². The SMILES string of the molecule is [2H]N1C(=O)C([2H])(c2ccc(OC)cc2)N([2H])C12C([2H])([2H])C([2H])([2H])C([2H])([2H])C([2H])([2H])C2([2H])[2H]. The molecule has 4 nitrogen and oxygen atoms in total. The highest BCUT2D eigenvalue weighted by Crippen LogP contribution is 2.33. The molecule has 1 aromatic carbocycles. The van der Waals surface area contributed by atoms with Crippen LogP contribution < -0.4 is 15.4 Å². The molecule has 1 aliphatic carbocycles. The third kappa shape index (κ3) is 2.32. The summed E-state index contributed by atoms with van der Waals surface area (Å²) in [7, 11) is 1.34. The molecule has 1 aliphatic heterocycles. The third-order valence-electron chi connectivity index (χ3n) is 2.70. The summed E-state index contributed by atoms with van der Waals surface area (Å²) in [6.07, 6.45) is -19.2. The fourth-order valence-electron chi connectivity index (χ4n) is 1.78. The van der Waals surface area contributed by atoms with Crippen molar-refractivity contribution in [2.45, 2.75) is 43.5 Å². The van der Waals surface area contributed by atoms with Gasteiger partial charge in [0.25, 0.3) is 0 Å². The Morgan fingerprint density at radius 3 is 2.68 bits per heavy atom. The van der Waals surface area contributed by atoms with Gasteiger partial charge in [-0.3, -0.25) is 10.1 Å². The van der Waals surface area contributed by atoms with Gasteiger partial charge >= 0.3 is 0 Å². The second-order valence-corrected chi connectivity index (χ2v) is 3.90. The van der Waals surface area contributed by atoms with Gasteiger partial charge in [-0.1, -0.05) is 18.5 Å². The Morgan fingerprint density at radius 2 is 2.05 bits per heavy atom. The molecule has 2 N–H and O–H groups in total. The molecular formula is C15H20N2O2. The number of ether oxygens (including phenoxy) is 1. The predicted molar refractivity (Wildman–Crippen MR) is 72.8 cm³/mol. The smallest absolute Gasteiger partial charge is 0.243 e. The number of hydrogen-bond acceptors (Lipinski definition) is 3. The summed E-state index contributed by atoms with van der Waals surface area (Å²) in [6.45, 7) is 0. The first-order chi connectivity index (χ1) is 14.3. The van der Waals surface area contributed by atoms with E-state index in [1.807, 2.05) is 0 Å². The molecule has 1 aromatic rings. The van der Waals surface area contributed by atoms with Crippen molar-refractivity contribution < 1.29 is 27.4 Å². The fraction of sp³-hybridized carbons (Fsp3) is 0.533. The van der Waals surface area contributed by atoms with Crippen LogP contribution >= 0.6 is 0 Å². The average molecular weight is 273 g/mol. The largest absolute Gasteiger partial charge is 0.497 e. The number of carbonyl (C=O) groups excluding carboxylic acids is 1. The molecule has 2 fully saturated rings. The first-order valence-electron chi connectivity index (χ1n) is 11.9. The quantitative estimate of drug-likeness (QED) is 0.868. The van der Waals surface area contributed by atoms with Crippen LogP contribution in [0, 0.1) is 0 Å². The minimum Gasteiger partial charge on any atom is -0.497 e. The normalized spacial score (nSPS) is 54.1. The van der Waals surface area contributed by atoms with Crippen molar-refractivity contribution in [2.24, 2.45) is 0 Å². The van der Waals surface area contributed by atoms with E-state index in [0.29, 0.717) is 5.75 Å². The van der Waals surface area contributed by atoms with Crippen LogP contribution in [0.15, 0.2) is 24.3 Å². The molecule has 1 unspecified atom stereocenters. The van der Waals surface area contributed by atoms with Crippen molar-refractivity contribution in [3.05, 3.63) is 29.8 Å². The molecule has 4 heteroatoms. The van der Waals surface area contributed by atoms with Crippen LogP contribution in [0.4, 0.5) is 0 Å². The average Bonchev–Trinajstić information content (AvgIpc) is 2.86. The predicted octanol–water partition coefficient (Wildman–Crippen LogP) is 2.12. The van der Waals surface area contributed by atoms with Gasteiger partial charge in [-0.25, -0.2) is 0 Å². The molecule has 102 valence electrons. The minimum absolute atomic E-state index is 0.262. The molecule has 3 rings (SSSR count). The van der Waals surface area contributed by atoms with E-state index < -0.39 is 54.8 Å². The van der Waals surface area contributed by atoms with Crippen molar-refractivity contribution in [2.75, 3.05) is 7.11 Å². The summed E-state index contributed by atoms with van der Waals surface area (Å²) in [5.74, 6) is -1.35. The van der Waals surface area contributed by atoms with Crippen LogP contribution in [0.1, 0.15) is 58.5 Å². The number of benzene rings is 1. The first-order valence-corrected chi connectivity index (χ1v) is 5.53. The molecular weight excluding hydrogens is 240 g/mol.